The molecule has 3 rings (SSSR count). The average molecular weight is 342 g/mol. The summed E-state index contributed by atoms with van der Waals surface area (Å²) >= 11 is 0. The van der Waals surface area contributed by atoms with Gasteiger partial charge in [-0.1, -0.05) is 6.07 Å². The van der Waals surface area contributed by atoms with Gasteiger partial charge in [0.15, 0.2) is 0 Å². The van der Waals surface area contributed by atoms with Crippen molar-refractivity contribution in [2.75, 3.05) is 35.7 Å². The van der Waals surface area contributed by atoms with Gasteiger partial charge in [0.25, 0.3) is 0 Å². The summed E-state index contributed by atoms with van der Waals surface area (Å²) in [4.78, 5) is 15.5. The molecule has 0 aromatic carbocycles. The number of nitrogens with one attached hydrogen (secondary N) is 2. The minimum absolute atomic E-state index is 0.118. The molecule has 7 nitrogen and oxygen atoms in total. The van der Waals surface area contributed by atoms with Gasteiger partial charge >= 0.3 is 0 Å². The zero-order valence-electron chi connectivity index (χ0n) is 15.1. The van der Waals surface area contributed by atoms with Crippen LogP contribution in [0.3, 0.4) is 0 Å². The molecule has 0 spiro atoms. The van der Waals surface area contributed by atoms with Crippen LogP contribution >= 0.6 is 0 Å². The van der Waals surface area contributed by atoms with Crippen LogP contribution in [0.5, 0.6) is 5.88 Å². The fraction of sp³-hybridized carbons (Fsp3) is 0.500. The minimum Gasteiger partial charge on any atom is -0.475 e. The zero-order valence-corrected chi connectivity index (χ0v) is 15.1. The topological polar surface area (TPSA) is 75.2 Å². The molecule has 134 valence electrons. The van der Waals surface area contributed by atoms with E-state index in [-0.39, 0.29) is 6.10 Å². The molecule has 1 unspecified atom stereocenters. The first-order valence-corrected chi connectivity index (χ1v) is 8.79. The summed E-state index contributed by atoms with van der Waals surface area (Å²) < 4.78 is 5.66. The van der Waals surface area contributed by atoms with E-state index in [1.54, 1.807) is 6.33 Å². The van der Waals surface area contributed by atoms with E-state index in [0.29, 0.717) is 11.9 Å². The Morgan fingerprint density at radius 2 is 2.16 bits per heavy atom. The molecule has 1 aliphatic heterocycles. The van der Waals surface area contributed by atoms with Gasteiger partial charge in [0.1, 0.15) is 23.8 Å². The van der Waals surface area contributed by atoms with Crippen LogP contribution in [-0.4, -0.2) is 47.2 Å². The molecule has 2 aromatic heterocycles. The fourth-order valence-electron chi connectivity index (χ4n) is 3.03. The van der Waals surface area contributed by atoms with E-state index in [0.717, 1.165) is 43.4 Å². The first kappa shape index (κ1) is 17.3. The SMILES string of the molecule is CNc1cc(N2CCCC2CNc2cccc(OC(C)C)n2)ncn1. The summed E-state index contributed by atoms with van der Waals surface area (Å²) in [5, 5.41) is 6.50. The number of pyridine rings is 1. The Morgan fingerprint density at radius 3 is 2.96 bits per heavy atom. The van der Waals surface area contributed by atoms with Crippen molar-refractivity contribution in [2.24, 2.45) is 0 Å². The molecule has 1 saturated heterocycles. The van der Waals surface area contributed by atoms with Crippen molar-refractivity contribution in [1.82, 2.24) is 15.0 Å². The van der Waals surface area contributed by atoms with Crippen molar-refractivity contribution in [3.05, 3.63) is 30.6 Å². The molecule has 2 N–H and O–H groups in total. The second kappa shape index (κ2) is 8.00. The van der Waals surface area contributed by atoms with E-state index in [9.17, 15) is 0 Å². The summed E-state index contributed by atoms with van der Waals surface area (Å²) in [6.45, 7) is 5.83. The van der Waals surface area contributed by atoms with E-state index < -0.39 is 0 Å². The molecule has 1 fully saturated rings. The molecule has 25 heavy (non-hydrogen) atoms. The maximum absolute atomic E-state index is 5.66. The molecular formula is C18H26N6O. The summed E-state index contributed by atoms with van der Waals surface area (Å²) in [5.41, 5.74) is 0. The Bertz CT molecular complexity index is 693. The van der Waals surface area contributed by atoms with Crippen LogP contribution in [0.25, 0.3) is 0 Å². The molecule has 0 aliphatic carbocycles. The molecule has 7 heteroatoms. The number of hydrogen-bond donors (Lipinski definition) is 2. The predicted molar refractivity (Wildman–Crippen MR) is 100 cm³/mol. The van der Waals surface area contributed by atoms with Gasteiger partial charge < -0.3 is 20.3 Å². The first-order valence-electron chi connectivity index (χ1n) is 8.79. The lowest BCUT2D eigenvalue weighted by Gasteiger charge is -2.26. The van der Waals surface area contributed by atoms with E-state index in [4.69, 9.17) is 4.74 Å². The molecule has 0 radical (unpaired) electrons. The Morgan fingerprint density at radius 1 is 1.28 bits per heavy atom. The van der Waals surface area contributed by atoms with Gasteiger partial charge in [-0.05, 0) is 32.8 Å². The van der Waals surface area contributed by atoms with Crippen LogP contribution in [-0.2, 0) is 0 Å². The normalized spacial score (nSPS) is 17.0. The first-order chi connectivity index (χ1) is 12.2. The van der Waals surface area contributed by atoms with E-state index in [2.05, 4.69) is 30.5 Å². The van der Waals surface area contributed by atoms with E-state index in [1.165, 1.54) is 0 Å². The Labute approximate surface area is 148 Å². The van der Waals surface area contributed by atoms with Crippen LogP contribution in [0, 0.1) is 0 Å². The van der Waals surface area contributed by atoms with Crippen molar-refractivity contribution in [3.63, 3.8) is 0 Å². The Hall–Kier alpha value is -2.57. The molecule has 2 aromatic rings. The van der Waals surface area contributed by atoms with Gasteiger partial charge in [0, 0.05) is 38.3 Å². The highest BCUT2D eigenvalue weighted by Gasteiger charge is 2.25. The number of aromatic nitrogens is 3. The molecule has 1 atom stereocenters. The summed E-state index contributed by atoms with van der Waals surface area (Å²) in [6.07, 6.45) is 4.02. The van der Waals surface area contributed by atoms with Crippen LogP contribution in [0.4, 0.5) is 17.5 Å². The van der Waals surface area contributed by atoms with Crippen molar-refractivity contribution < 1.29 is 4.74 Å². The van der Waals surface area contributed by atoms with Gasteiger partial charge in [-0.2, -0.15) is 4.98 Å². The second-order valence-corrected chi connectivity index (χ2v) is 6.41. The lowest BCUT2D eigenvalue weighted by molar-refractivity contribution is 0.233. The molecule has 3 heterocycles. The van der Waals surface area contributed by atoms with Gasteiger partial charge in [0.05, 0.1) is 6.10 Å². The number of rotatable bonds is 7. The van der Waals surface area contributed by atoms with Gasteiger partial charge in [-0.25, -0.2) is 9.97 Å². The fourth-order valence-corrected chi connectivity index (χ4v) is 3.03. The van der Waals surface area contributed by atoms with Crippen LogP contribution < -0.4 is 20.3 Å². The Kier molecular flexibility index (Phi) is 5.53. The third-order valence-electron chi connectivity index (χ3n) is 4.18. The lowest BCUT2D eigenvalue weighted by Crippen LogP contribution is -2.35. The maximum Gasteiger partial charge on any atom is 0.215 e. The monoisotopic (exact) mass is 342 g/mol. The van der Waals surface area contributed by atoms with Gasteiger partial charge in [-0.3, -0.25) is 0 Å². The van der Waals surface area contributed by atoms with Crippen LogP contribution in [0.2, 0.25) is 0 Å². The smallest absolute Gasteiger partial charge is 0.215 e. The van der Waals surface area contributed by atoms with Crippen molar-refractivity contribution in [1.29, 1.82) is 0 Å². The summed E-state index contributed by atoms with van der Waals surface area (Å²) in [7, 11) is 1.87. The zero-order chi connectivity index (χ0) is 17.6. The highest BCUT2D eigenvalue weighted by atomic mass is 16.5. The largest absolute Gasteiger partial charge is 0.475 e. The molecule has 0 saturated carbocycles. The third kappa shape index (κ3) is 4.49. The standard InChI is InChI=1S/C18H26N6O/c1-13(2)25-18-8-4-7-15(23-18)20-11-14-6-5-9-24(14)17-10-16(19-3)21-12-22-17/h4,7-8,10,12-14H,5-6,9,11H2,1-3H3,(H,20,23)(H,19,21,22). The van der Waals surface area contributed by atoms with Crippen molar-refractivity contribution >= 4 is 17.5 Å². The number of ether oxygens (including phenoxy) is 1. The molecule has 0 bridgehead atoms. The van der Waals surface area contributed by atoms with Crippen LogP contribution in [0.1, 0.15) is 26.7 Å². The highest BCUT2D eigenvalue weighted by Crippen LogP contribution is 2.25. The number of nitrogens with zero attached hydrogens (tertiary/aromatic N) is 4. The number of anilines is 3. The number of hydrogen-bond acceptors (Lipinski definition) is 7. The van der Waals surface area contributed by atoms with Gasteiger partial charge in [0.2, 0.25) is 5.88 Å². The Balaban J connectivity index is 1.64. The quantitative estimate of drug-likeness (QED) is 0.801. The highest BCUT2D eigenvalue weighted by molar-refractivity contribution is 5.50. The summed E-state index contributed by atoms with van der Waals surface area (Å²) in [5.74, 6) is 3.29. The molecule has 1 aliphatic rings. The van der Waals surface area contributed by atoms with Crippen molar-refractivity contribution in [3.8, 4) is 5.88 Å². The summed E-state index contributed by atoms with van der Waals surface area (Å²) in [6, 6.07) is 8.19. The minimum atomic E-state index is 0.118. The van der Waals surface area contributed by atoms with Gasteiger partial charge in [-0.15, -0.1) is 0 Å². The lowest BCUT2D eigenvalue weighted by atomic mass is 10.2. The third-order valence-corrected chi connectivity index (χ3v) is 4.18. The molecule has 0 amide bonds. The van der Waals surface area contributed by atoms with E-state index >= 15 is 0 Å². The second-order valence-electron chi connectivity index (χ2n) is 6.41. The predicted octanol–water partition coefficient (Wildman–Crippen LogP) is 2.78. The van der Waals surface area contributed by atoms with Crippen LogP contribution in [0.15, 0.2) is 30.6 Å². The average Bonchev–Trinajstić information content (AvgIpc) is 3.08. The maximum atomic E-state index is 5.66. The molecular weight excluding hydrogens is 316 g/mol. The van der Waals surface area contributed by atoms with Crippen molar-refractivity contribution in [2.45, 2.75) is 38.8 Å². The van der Waals surface area contributed by atoms with E-state index in [1.807, 2.05) is 45.2 Å².